The number of carbonyl (C=O) groups excluding carboxylic acids is 1. The minimum absolute atomic E-state index is 0.0970. The van der Waals surface area contributed by atoms with Crippen LogP contribution in [0.4, 0.5) is 0 Å². The van der Waals surface area contributed by atoms with Crippen LogP contribution in [0.1, 0.15) is 33.2 Å². The van der Waals surface area contributed by atoms with Crippen molar-refractivity contribution in [1.82, 2.24) is 5.32 Å². The molecule has 0 saturated carbocycles. The van der Waals surface area contributed by atoms with Crippen molar-refractivity contribution in [3.05, 3.63) is 95.1 Å². The summed E-state index contributed by atoms with van der Waals surface area (Å²) in [5, 5.41) is 3.42. The van der Waals surface area contributed by atoms with Crippen molar-refractivity contribution >= 4 is 5.97 Å². The van der Waals surface area contributed by atoms with Gasteiger partial charge in [-0.1, -0.05) is 48.5 Å². The summed E-state index contributed by atoms with van der Waals surface area (Å²) in [6, 6.07) is 23.5. The van der Waals surface area contributed by atoms with Crippen molar-refractivity contribution < 1.29 is 19.0 Å². The predicted molar refractivity (Wildman–Crippen MR) is 110 cm³/mol. The van der Waals surface area contributed by atoms with E-state index in [9.17, 15) is 4.79 Å². The van der Waals surface area contributed by atoms with Gasteiger partial charge in [0.1, 0.15) is 6.61 Å². The van der Waals surface area contributed by atoms with Gasteiger partial charge in [-0.15, -0.1) is 0 Å². The van der Waals surface area contributed by atoms with Crippen LogP contribution in [0, 0.1) is 0 Å². The summed E-state index contributed by atoms with van der Waals surface area (Å²) in [7, 11) is 1.38. The molecule has 0 aromatic heterocycles. The van der Waals surface area contributed by atoms with Crippen LogP contribution in [-0.4, -0.2) is 19.7 Å². The molecule has 1 N–H and O–H groups in total. The van der Waals surface area contributed by atoms with Crippen LogP contribution >= 0.6 is 0 Å². The fourth-order valence-electron chi connectivity index (χ4n) is 3.26. The first-order valence-corrected chi connectivity index (χ1v) is 9.58. The van der Waals surface area contributed by atoms with Gasteiger partial charge in [0.15, 0.2) is 17.6 Å². The van der Waals surface area contributed by atoms with Gasteiger partial charge in [-0.2, -0.15) is 0 Å². The first kappa shape index (κ1) is 19.0. The number of hydrogen-bond acceptors (Lipinski definition) is 5. The lowest BCUT2D eigenvalue weighted by Crippen LogP contribution is -2.21. The van der Waals surface area contributed by atoms with Gasteiger partial charge in [0.25, 0.3) is 0 Å². The predicted octanol–water partition coefficient (Wildman–Crippen LogP) is 4.28. The highest BCUT2D eigenvalue weighted by atomic mass is 16.6. The average molecular weight is 389 g/mol. The second-order valence-electron chi connectivity index (χ2n) is 6.90. The van der Waals surface area contributed by atoms with Crippen molar-refractivity contribution in [1.29, 1.82) is 0 Å². The van der Waals surface area contributed by atoms with Crippen LogP contribution < -0.4 is 14.8 Å². The van der Waals surface area contributed by atoms with E-state index < -0.39 is 0 Å². The maximum absolute atomic E-state index is 11.5. The van der Waals surface area contributed by atoms with E-state index in [1.165, 1.54) is 12.7 Å². The van der Waals surface area contributed by atoms with Crippen LogP contribution in [0.5, 0.6) is 11.5 Å². The summed E-state index contributed by atoms with van der Waals surface area (Å²) in [6.45, 7) is 1.99. The van der Waals surface area contributed by atoms with E-state index in [2.05, 4.69) is 29.6 Å². The lowest BCUT2D eigenvalue weighted by Gasteiger charge is -2.26. The van der Waals surface area contributed by atoms with Gasteiger partial charge in [0.05, 0.1) is 12.7 Å². The summed E-state index contributed by atoms with van der Waals surface area (Å²) >= 11 is 0. The topological polar surface area (TPSA) is 56.8 Å². The Labute approximate surface area is 170 Å². The number of nitrogens with one attached hydrogen (secondary N) is 1. The highest BCUT2D eigenvalue weighted by Gasteiger charge is 2.21. The second-order valence-corrected chi connectivity index (χ2v) is 6.90. The highest BCUT2D eigenvalue weighted by molar-refractivity contribution is 5.89. The van der Waals surface area contributed by atoms with Crippen molar-refractivity contribution in [2.24, 2.45) is 0 Å². The van der Waals surface area contributed by atoms with E-state index >= 15 is 0 Å². The molecule has 1 heterocycles. The van der Waals surface area contributed by atoms with Gasteiger partial charge < -0.3 is 19.5 Å². The number of rotatable bonds is 6. The summed E-state index contributed by atoms with van der Waals surface area (Å²) < 4.78 is 16.6. The number of carbonyl (C=O) groups is 1. The van der Waals surface area contributed by atoms with Gasteiger partial charge in [0, 0.05) is 13.1 Å². The van der Waals surface area contributed by atoms with Crippen LogP contribution in [0.25, 0.3) is 0 Å². The molecular weight excluding hydrogens is 366 g/mol. The molecule has 0 unspecified atom stereocenters. The molecular formula is C24H23NO4. The molecule has 0 bridgehead atoms. The van der Waals surface area contributed by atoms with Crippen LogP contribution in [0.15, 0.2) is 72.8 Å². The molecule has 5 nitrogen and oxygen atoms in total. The normalized spacial score (nSPS) is 15.0. The molecule has 1 atom stereocenters. The number of methoxy groups -OCH3 is 1. The molecule has 0 saturated heterocycles. The summed E-state index contributed by atoms with van der Waals surface area (Å²) in [4.78, 5) is 11.5. The maximum Gasteiger partial charge on any atom is 0.337 e. The van der Waals surface area contributed by atoms with Crippen molar-refractivity contribution in [3.8, 4) is 11.5 Å². The van der Waals surface area contributed by atoms with E-state index in [0.717, 1.165) is 35.7 Å². The van der Waals surface area contributed by atoms with E-state index in [0.29, 0.717) is 12.2 Å². The molecule has 4 rings (SSSR count). The summed E-state index contributed by atoms with van der Waals surface area (Å²) in [5.74, 6) is 1.26. The zero-order chi connectivity index (χ0) is 20.1. The molecule has 29 heavy (non-hydrogen) atoms. The van der Waals surface area contributed by atoms with Crippen molar-refractivity contribution in [2.45, 2.75) is 19.2 Å². The number of hydrogen-bond donors (Lipinski definition) is 1. The zero-order valence-corrected chi connectivity index (χ0v) is 16.3. The second kappa shape index (κ2) is 8.80. The standard InChI is InChI=1S/C24H23NO4/c1-27-24(26)20-12-8-18(9-13-20)15-25-14-17-6-10-19(11-7-17)23-16-28-21-4-2-3-5-22(21)29-23/h2-13,23,25H,14-16H2,1H3/t23-/m1/s1. The van der Waals surface area contributed by atoms with Crippen molar-refractivity contribution in [2.75, 3.05) is 13.7 Å². The SMILES string of the molecule is COC(=O)c1ccc(CNCc2ccc([C@H]3COc4ccccc4O3)cc2)cc1. The molecule has 3 aromatic carbocycles. The van der Waals surface area contributed by atoms with E-state index in [4.69, 9.17) is 14.2 Å². The molecule has 1 aliphatic heterocycles. The van der Waals surface area contributed by atoms with Crippen LogP contribution in [0.3, 0.4) is 0 Å². The summed E-state index contributed by atoms with van der Waals surface area (Å²) in [6.07, 6.45) is -0.0970. The Morgan fingerprint density at radius 2 is 1.55 bits per heavy atom. The van der Waals surface area contributed by atoms with Gasteiger partial charge in [0.2, 0.25) is 0 Å². The Balaban J connectivity index is 1.29. The van der Waals surface area contributed by atoms with Gasteiger partial charge >= 0.3 is 5.97 Å². The van der Waals surface area contributed by atoms with E-state index in [-0.39, 0.29) is 12.1 Å². The first-order chi connectivity index (χ1) is 14.2. The van der Waals surface area contributed by atoms with Gasteiger partial charge in [-0.05, 0) is 41.0 Å². The molecule has 5 heteroatoms. The summed E-state index contributed by atoms with van der Waals surface area (Å²) in [5.41, 5.74) is 3.96. The third-order valence-corrected chi connectivity index (χ3v) is 4.89. The third kappa shape index (κ3) is 4.58. The molecule has 0 spiro atoms. The molecule has 0 fully saturated rings. The average Bonchev–Trinajstić information content (AvgIpc) is 2.79. The fourth-order valence-corrected chi connectivity index (χ4v) is 3.26. The monoisotopic (exact) mass is 389 g/mol. The Hall–Kier alpha value is -3.31. The fraction of sp³-hybridized carbons (Fsp3) is 0.208. The number of esters is 1. The Bertz CT molecular complexity index is 967. The first-order valence-electron chi connectivity index (χ1n) is 9.58. The molecule has 0 aliphatic carbocycles. The minimum Gasteiger partial charge on any atom is -0.485 e. The van der Waals surface area contributed by atoms with Crippen LogP contribution in [-0.2, 0) is 17.8 Å². The Morgan fingerprint density at radius 3 is 2.21 bits per heavy atom. The van der Waals surface area contributed by atoms with E-state index in [1.807, 2.05) is 36.4 Å². The number of para-hydroxylation sites is 2. The molecule has 1 aliphatic rings. The Kier molecular flexibility index (Phi) is 5.77. The molecule has 0 radical (unpaired) electrons. The third-order valence-electron chi connectivity index (χ3n) is 4.89. The number of benzene rings is 3. The minimum atomic E-state index is -0.319. The van der Waals surface area contributed by atoms with Crippen LogP contribution in [0.2, 0.25) is 0 Å². The Morgan fingerprint density at radius 1 is 0.931 bits per heavy atom. The molecule has 148 valence electrons. The quantitative estimate of drug-likeness (QED) is 0.638. The van der Waals surface area contributed by atoms with E-state index in [1.54, 1.807) is 12.1 Å². The maximum atomic E-state index is 11.5. The lowest BCUT2D eigenvalue weighted by atomic mass is 10.1. The largest absolute Gasteiger partial charge is 0.485 e. The zero-order valence-electron chi connectivity index (χ0n) is 16.3. The molecule has 0 amide bonds. The van der Waals surface area contributed by atoms with Crippen molar-refractivity contribution in [3.63, 3.8) is 0 Å². The smallest absolute Gasteiger partial charge is 0.337 e. The highest BCUT2D eigenvalue weighted by Crippen LogP contribution is 2.35. The number of fused-ring (bicyclic) bond motifs is 1. The van der Waals surface area contributed by atoms with Gasteiger partial charge in [-0.3, -0.25) is 0 Å². The van der Waals surface area contributed by atoms with Gasteiger partial charge in [-0.25, -0.2) is 4.79 Å². The lowest BCUT2D eigenvalue weighted by molar-refractivity contribution is 0.0600. The number of ether oxygens (including phenoxy) is 3. The molecule has 3 aromatic rings.